The number of anilines is 1. The number of nitrogens with one attached hydrogen (secondary N) is 1. The van der Waals surface area contributed by atoms with Gasteiger partial charge >= 0.3 is 0 Å². The molecule has 1 amide bonds. The quantitative estimate of drug-likeness (QED) is 0.430. The van der Waals surface area contributed by atoms with E-state index in [0.717, 1.165) is 42.8 Å². The van der Waals surface area contributed by atoms with Crippen molar-refractivity contribution in [3.05, 3.63) is 70.3 Å². The number of hydrogen-bond acceptors (Lipinski definition) is 6. The highest BCUT2D eigenvalue weighted by Crippen LogP contribution is 2.46. The number of nitrogens with zero attached hydrogens (tertiary/aromatic N) is 1. The van der Waals surface area contributed by atoms with Crippen LogP contribution in [0.25, 0.3) is 0 Å². The van der Waals surface area contributed by atoms with E-state index < -0.39 is 27.3 Å². The van der Waals surface area contributed by atoms with Gasteiger partial charge in [0.2, 0.25) is 10.0 Å². The molecule has 2 aliphatic heterocycles. The molecule has 0 aromatic heterocycles. The second-order valence-electron chi connectivity index (χ2n) is 12.2. The Hall–Kier alpha value is -2.55. The van der Waals surface area contributed by atoms with Crippen LogP contribution in [0.15, 0.2) is 48.6 Å². The number of halogens is 1. The normalized spacial score (nSPS) is 34.0. The highest BCUT2D eigenvalue weighted by molar-refractivity contribution is 7.90. The van der Waals surface area contributed by atoms with Gasteiger partial charge < -0.3 is 14.7 Å². The first-order chi connectivity index (χ1) is 19.1. The smallest absolute Gasteiger partial charge is 0.264 e. The van der Waals surface area contributed by atoms with Crippen LogP contribution in [-0.2, 0) is 21.9 Å². The number of aliphatic hydroxyl groups is 1. The molecule has 214 valence electrons. The van der Waals surface area contributed by atoms with Crippen LogP contribution in [0, 0.1) is 17.8 Å². The van der Waals surface area contributed by atoms with Gasteiger partial charge in [0.15, 0.2) is 0 Å². The van der Waals surface area contributed by atoms with Gasteiger partial charge in [0.05, 0.1) is 23.6 Å². The molecule has 6 atom stereocenters. The van der Waals surface area contributed by atoms with Gasteiger partial charge in [0.25, 0.3) is 5.91 Å². The zero-order valence-electron chi connectivity index (χ0n) is 23.0. The fraction of sp³-hybridized carbons (Fsp3) is 0.516. The van der Waals surface area contributed by atoms with Gasteiger partial charge in [-0.05, 0) is 98.2 Å². The Morgan fingerprint density at radius 2 is 1.95 bits per heavy atom. The van der Waals surface area contributed by atoms with E-state index in [2.05, 4.69) is 21.8 Å². The van der Waals surface area contributed by atoms with E-state index in [0.29, 0.717) is 25.4 Å². The molecule has 2 aromatic rings. The number of aryl methyl sites for hydroxylation is 1. The molecule has 4 aliphatic rings. The molecule has 0 saturated heterocycles. The topological polar surface area (TPSA) is 95.9 Å². The first-order valence-corrected chi connectivity index (χ1v) is 16.2. The van der Waals surface area contributed by atoms with Crippen molar-refractivity contribution in [2.75, 3.05) is 24.6 Å². The second kappa shape index (κ2) is 10.4. The van der Waals surface area contributed by atoms with Crippen LogP contribution in [0.2, 0.25) is 5.02 Å². The summed E-state index contributed by atoms with van der Waals surface area (Å²) in [4.78, 5) is 15.6. The highest BCUT2D eigenvalue weighted by Gasteiger charge is 2.44. The number of aliphatic hydroxyl groups excluding tert-OH is 1. The van der Waals surface area contributed by atoms with Crippen molar-refractivity contribution >= 4 is 33.2 Å². The van der Waals surface area contributed by atoms with E-state index >= 15 is 0 Å². The molecular weight excluding hydrogens is 548 g/mol. The lowest BCUT2D eigenvalue weighted by atomic mass is 9.68. The first kappa shape index (κ1) is 27.6. The molecule has 0 radical (unpaired) electrons. The van der Waals surface area contributed by atoms with Crippen LogP contribution in [0.3, 0.4) is 0 Å². The molecule has 40 heavy (non-hydrogen) atoms. The van der Waals surface area contributed by atoms with Crippen LogP contribution in [0.1, 0.15) is 61.0 Å². The van der Waals surface area contributed by atoms with Gasteiger partial charge in [0.1, 0.15) is 5.75 Å². The zero-order chi connectivity index (χ0) is 28.2. The molecule has 1 saturated carbocycles. The highest BCUT2D eigenvalue weighted by atomic mass is 35.5. The summed E-state index contributed by atoms with van der Waals surface area (Å²) < 4.78 is 35.0. The number of carbonyl (C=O) groups excluding carboxylic acids is 1. The Labute approximate surface area is 241 Å². The van der Waals surface area contributed by atoms with Gasteiger partial charge in [-0.25, -0.2) is 13.1 Å². The molecule has 6 rings (SSSR count). The van der Waals surface area contributed by atoms with Gasteiger partial charge in [-0.3, -0.25) is 4.79 Å². The summed E-state index contributed by atoms with van der Waals surface area (Å²) in [7, 11) is -3.95. The number of allylic oxidation sites excluding steroid dienone is 1. The Kier molecular flexibility index (Phi) is 7.16. The number of ether oxygens (including phenoxy) is 1. The van der Waals surface area contributed by atoms with Crippen LogP contribution in [0.4, 0.5) is 5.69 Å². The molecule has 1 fully saturated rings. The molecule has 4 unspecified atom stereocenters. The van der Waals surface area contributed by atoms with E-state index in [1.165, 1.54) is 11.1 Å². The third-order valence-electron chi connectivity index (χ3n) is 9.75. The fourth-order valence-electron chi connectivity index (χ4n) is 6.96. The van der Waals surface area contributed by atoms with Crippen LogP contribution in [0.5, 0.6) is 5.75 Å². The Balaban J connectivity index is 1.44. The third kappa shape index (κ3) is 4.92. The van der Waals surface area contributed by atoms with Crippen molar-refractivity contribution in [2.24, 2.45) is 17.8 Å². The van der Waals surface area contributed by atoms with Gasteiger partial charge in [-0.2, -0.15) is 0 Å². The average Bonchev–Trinajstić information content (AvgIpc) is 3.05. The SMILES string of the molecule is C[C@@H]1/C=C/C(O)C2CCC2CN2CC3(CCCc4cc(Cl)ccc43)COc3ccc(cc32)C(=O)NS(=O)(=O)[C@H]1C. The number of sulfonamides is 1. The number of fused-ring (bicyclic) bond motifs is 4. The van der Waals surface area contributed by atoms with E-state index in [-0.39, 0.29) is 28.7 Å². The van der Waals surface area contributed by atoms with E-state index in [1.807, 2.05) is 6.07 Å². The number of hydrogen-bond donors (Lipinski definition) is 2. The molecule has 2 aliphatic carbocycles. The molecule has 2 aromatic carbocycles. The average molecular weight is 585 g/mol. The van der Waals surface area contributed by atoms with Gasteiger partial charge in [0, 0.05) is 29.1 Å². The maximum Gasteiger partial charge on any atom is 0.264 e. The van der Waals surface area contributed by atoms with Crippen molar-refractivity contribution < 1.29 is 23.1 Å². The Morgan fingerprint density at radius 3 is 2.73 bits per heavy atom. The predicted molar refractivity (Wildman–Crippen MR) is 157 cm³/mol. The van der Waals surface area contributed by atoms with E-state index in [4.69, 9.17) is 16.3 Å². The molecule has 1 spiro atoms. The largest absolute Gasteiger partial charge is 0.490 e. The molecule has 7 nitrogen and oxygen atoms in total. The molecule has 2 heterocycles. The maximum absolute atomic E-state index is 13.2. The van der Waals surface area contributed by atoms with Gasteiger partial charge in [-0.15, -0.1) is 0 Å². The summed E-state index contributed by atoms with van der Waals surface area (Å²) in [6.07, 6.45) is 7.75. The van der Waals surface area contributed by atoms with Crippen LogP contribution in [-0.4, -0.2) is 50.5 Å². The summed E-state index contributed by atoms with van der Waals surface area (Å²) in [5.41, 5.74) is 3.32. The minimum absolute atomic E-state index is 0.0875. The molecule has 9 heteroatoms. The minimum atomic E-state index is -3.95. The van der Waals surface area contributed by atoms with E-state index in [9.17, 15) is 18.3 Å². The lowest BCUT2D eigenvalue weighted by Crippen LogP contribution is -2.49. The van der Waals surface area contributed by atoms with Gasteiger partial charge in [-0.1, -0.05) is 36.7 Å². The van der Waals surface area contributed by atoms with Crippen molar-refractivity contribution in [3.63, 3.8) is 0 Å². The van der Waals surface area contributed by atoms with Crippen molar-refractivity contribution in [2.45, 2.75) is 62.7 Å². The van der Waals surface area contributed by atoms with Crippen LogP contribution >= 0.6 is 11.6 Å². The Bertz CT molecular complexity index is 1460. The summed E-state index contributed by atoms with van der Waals surface area (Å²) in [5.74, 6) is -0.00460. The predicted octanol–water partition coefficient (Wildman–Crippen LogP) is 4.85. The lowest BCUT2D eigenvalue weighted by molar-refractivity contribution is 0.0454. The van der Waals surface area contributed by atoms with Crippen molar-refractivity contribution in [1.82, 2.24) is 4.72 Å². The minimum Gasteiger partial charge on any atom is -0.490 e. The van der Waals surface area contributed by atoms with Crippen molar-refractivity contribution in [3.8, 4) is 5.75 Å². The summed E-state index contributed by atoms with van der Waals surface area (Å²) >= 11 is 6.37. The summed E-state index contributed by atoms with van der Waals surface area (Å²) in [6, 6.07) is 11.3. The lowest BCUT2D eigenvalue weighted by Gasteiger charge is -2.45. The van der Waals surface area contributed by atoms with Crippen LogP contribution < -0.4 is 14.4 Å². The fourth-order valence-corrected chi connectivity index (χ4v) is 8.37. The first-order valence-electron chi connectivity index (χ1n) is 14.3. The zero-order valence-corrected chi connectivity index (χ0v) is 24.5. The summed E-state index contributed by atoms with van der Waals surface area (Å²) in [5, 5.41) is 11.0. The second-order valence-corrected chi connectivity index (χ2v) is 14.7. The molecule has 2 bridgehead atoms. The molecule has 2 N–H and O–H groups in total. The third-order valence-corrected chi connectivity index (χ3v) is 11.9. The number of benzene rings is 2. The Morgan fingerprint density at radius 1 is 1.12 bits per heavy atom. The monoisotopic (exact) mass is 584 g/mol. The summed E-state index contributed by atoms with van der Waals surface area (Å²) in [6.45, 7) is 5.29. The number of carbonyl (C=O) groups is 1. The number of rotatable bonds is 0. The molecular formula is C31H37ClN2O5S. The number of amides is 1. The standard InChI is InChI=1S/C31H37ClN2O5S/c1-19-5-11-28(35)25-9-6-23(25)16-34-17-31(13-3-4-21-14-24(32)8-10-26(21)31)18-39-29-12-7-22(15-27(29)34)30(36)33-40(37,38)20(19)2/h5,7-8,10-12,14-15,19-20,23,25,28,35H,3-4,6,9,13,16-18H2,1-2H3,(H,33,36)/b11-5+/t19-,20+,23?,25?,28?,31?/m1/s1. The van der Waals surface area contributed by atoms with E-state index in [1.54, 1.807) is 44.2 Å². The van der Waals surface area contributed by atoms with Crippen molar-refractivity contribution in [1.29, 1.82) is 0 Å². The maximum atomic E-state index is 13.2.